The third kappa shape index (κ3) is 3.86. The van der Waals surface area contributed by atoms with Crippen molar-refractivity contribution in [3.05, 3.63) is 164 Å². The van der Waals surface area contributed by atoms with Crippen molar-refractivity contribution in [2.24, 2.45) is 0 Å². The average Bonchev–Trinajstić information content (AvgIpc) is 3.96. The molecule has 242 valence electrons. The van der Waals surface area contributed by atoms with Crippen molar-refractivity contribution in [3.63, 3.8) is 0 Å². The lowest BCUT2D eigenvalue weighted by atomic mass is 9.99. The first-order valence-electron chi connectivity index (χ1n) is 17.6. The predicted octanol–water partition coefficient (Wildman–Crippen LogP) is 13.8. The molecule has 0 unspecified atom stereocenters. The Morgan fingerprint density at radius 2 is 0.731 bits per heavy atom. The molecule has 0 radical (unpaired) electrons. The molecule has 0 saturated heterocycles. The number of aromatic nitrogens is 1. The minimum Gasteiger partial charge on any atom is -0.456 e. The Morgan fingerprint density at radius 3 is 1.31 bits per heavy atom. The molecule has 12 rings (SSSR count). The molecule has 4 aromatic heterocycles. The molecule has 0 aliphatic carbocycles. The van der Waals surface area contributed by atoms with Crippen molar-refractivity contribution in [2.75, 3.05) is 0 Å². The molecule has 0 fully saturated rings. The van der Waals surface area contributed by atoms with Crippen LogP contribution in [0.2, 0.25) is 0 Å². The number of furan rings is 3. The van der Waals surface area contributed by atoms with Crippen molar-refractivity contribution in [1.82, 2.24) is 4.57 Å². The second-order valence-corrected chi connectivity index (χ2v) is 13.7. The fourth-order valence-electron chi connectivity index (χ4n) is 8.34. The average molecular weight is 666 g/mol. The van der Waals surface area contributed by atoms with Crippen LogP contribution >= 0.6 is 0 Å². The van der Waals surface area contributed by atoms with Crippen molar-refractivity contribution in [1.29, 1.82) is 0 Å². The number of fused-ring (bicyclic) bond motifs is 13. The summed E-state index contributed by atoms with van der Waals surface area (Å²) in [4.78, 5) is 0. The van der Waals surface area contributed by atoms with E-state index in [0.29, 0.717) is 0 Å². The highest BCUT2D eigenvalue weighted by Gasteiger charge is 2.19. The van der Waals surface area contributed by atoms with Crippen molar-refractivity contribution >= 4 is 87.6 Å². The Morgan fingerprint density at radius 1 is 0.288 bits per heavy atom. The lowest BCUT2D eigenvalue weighted by Crippen LogP contribution is -1.93. The maximum atomic E-state index is 6.57. The van der Waals surface area contributed by atoms with Crippen LogP contribution in [0.5, 0.6) is 0 Å². The molecular formula is C48H27NO3. The summed E-state index contributed by atoms with van der Waals surface area (Å²) < 4.78 is 21.7. The Hall–Kier alpha value is -7.04. The highest BCUT2D eigenvalue weighted by atomic mass is 16.4. The summed E-state index contributed by atoms with van der Waals surface area (Å²) >= 11 is 0. The zero-order valence-electron chi connectivity index (χ0n) is 27.8. The van der Waals surface area contributed by atoms with Gasteiger partial charge in [0.25, 0.3) is 0 Å². The molecule has 0 atom stereocenters. The summed E-state index contributed by atoms with van der Waals surface area (Å²) in [6, 6.07) is 57.8. The quantitative estimate of drug-likeness (QED) is 0.189. The van der Waals surface area contributed by atoms with E-state index in [-0.39, 0.29) is 0 Å². The Bertz CT molecular complexity index is 3360. The zero-order chi connectivity index (χ0) is 33.9. The van der Waals surface area contributed by atoms with Crippen molar-refractivity contribution < 1.29 is 13.3 Å². The summed E-state index contributed by atoms with van der Waals surface area (Å²) in [6.07, 6.45) is 0. The molecule has 0 spiro atoms. The summed E-state index contributed by atoms with van der Waals surface area (Å²) in [7, 11) is 0. The van der Waals surface area contributed by atoms with Gasteiger partial charge in [-0.1, -0.05) is 84.9 Å². The van der Waals surface area contributed by atoms with E-state index < -0.39 is 0 Å². The third-order valence-electron chi connectivity index (χ3n) is 10.8. The van der Waals surface area contributed by atoms with Gasteiger partial charge < -0.3 is 17.8 Å². The molecule has 4 nitrogen and oxygen atoms in total. The number of benzene rings is 8. The van der Waals surface area contributed by atoms with Crippen LogP contribution in [-0.4, -0.2) is 4.57 Å². The van der Waals surface area contributed by atoms with E-state index in [4.69, 9.17) is 13.3 Å². The third-order valence-corrected chi connectivity index (χ3v) is 10.8. The van der Waals surface area contributed by atoms with Gasteiger partial charge in [-0.05, 0) is 101 Å². The van der Waals surface area contributed by atoms with Gasteiger partial charge in [-0.2, -0.15) is 0 Å². The van der Waals surface area contributed by atoms with E-state index in [0.717, 1.165) is 82.6 Å². The zero-order valence-corrected chi connectivity index (χ0v) is 27.8. The number of rotatable bonds is 3. The van der Waals surface area contributed by atoms with Gasteiger partial charge in [-0.3, -0.25) is 0 Å². The number of hydrogen-bond acceptors (Lipinski definition) is 3. The SMILES string of the molecule is c1ccc(-c2ccc3oc4ccc(-c5ccc6oc7c(ccc8c9cc(-n%10c%11ccccc%11c%11ccccc%11%10)ccc9oc87)c6c5)cc4c3c2)cc1. The van der Waals surface area contributed by atoms with Gasteiger partial charge in [0.15, 0.2) is 11.2 Å². The van der Waals surface area contributed by atoms with Gasteiger partial charge >= 0.3 is 0 Å². The van der Waals surface area contributed by atoms with Crippen LogP contribution in [0.4, 0.5) is 0 Å². The predicted molar refractivity (Wildman–Crippen MR) is 213 cm³/mol. The fourth-order valence-corrected chi connectivity index (χ4v) is 8.34. The minimum absolute atomic E-state index is 0.768. The molecule has 8 aromatic carbocycles. The Balaban J connectivity index is 0.992. The maximum absolute atomic E-state index is 6.57. The fraction of sp³-hybridized carbons (Fsp3) is 0. The van der Waals surface area contributed by atoms with E-state index in [2.05, 4.69) is 162 Å². The van der Waals surface area contributed by atoms with Crippen LogP contribution in [0.15, 0.2) is 177 Å². The van der Waals surface area contributed by atoms with Crippen LogP contribution in [-0.2, 0) is 0 Å². The normalized spacial score (nSPS) is 12.2. The monoisotopic (exact) mass is 665 g/mol. The molecule has 12 aromatic rings. The molecule has 4 heteroatoms. The summed E-state index contributed by atoms with van der Waals surface area (Å²) in [5.41, 5.74) is 13.0. The van der Waals surface area contributed by atoms with Crippen LogP contribution in [0.3, 0.4) is 0 Å². The minimum atomic E-state index is 0.768. The molecule has 0 N–H and O–H groups in total. The first-order chi connectivity index (χ1) is 25.7. The van der Waals surface area contributed by atoms with E-state index in [1.807, 2.05) is 6.07 Å². The van der Waals surface area contributed by atoms with E-state index in [9.17, 15) is 0 Å². The van der Waals surface area contributed by atoms with Gasteiger partial charge in [0, 0.05) is 48.8 Å². The van der Waals surface area contributed by atoms with Crippen molar-refractivity contribution in [2.45, 2.75) is 0 Å². The molecule has 0 saturated carbocycles. The Kier molecular flexibility index (Phi) is 5.47. The summed E-state index contributed by atoms with van der Waals surface area (Å²) in [5.74, 6) is 0. The number of para-hydroxylation sites is 2. The van der Waals surface area contributed by atoms with Crippen molar-refractivity contribution in [3.8, 4) is 27.9 Å². The van der Waals surface area contributed by atoms with E-state index >= 15 is 0 Å². The molecule has 52 heavy (non-hydrogen) atoms. The molecule has 0 aliphatic rings. The van der Waals surface area contributed by atoms with E-state index in [1.165, 1.54) is 32.9 Å². The first-order valence-corrected chi connectivity index (χ1v) is 17.6. The van der Waals surface area contributed by atoms with Crippen LogP contribution in [0.25, 0.3) is 116 Å². The highest BCUT2D eigenvalue weighted by molar-refractivity contribution is 6.20. The second kappa shape index (κ2) is 10.3. The molecule has 0 aliphatic heterocycles. The topological polar surface area (TPSA) is 44.4 Å². The van der Waals surface area contributed by atoms with Gasteiger partial charge in [0.2, 0.25) is 0 Å². The van der Waals surface area contributed by atoms with Gasteiger partial charge in [-0.25, -0.2) is 0 Å². The first kappa shape index (κ1) is 27.7. The van der Waals surface area contributed by atoms with Gasteiger partial charge in [0.05, 0.1) is 11.0 Å². The van der Waals surface area contributed by atoms with Gasteiger partial charge in [-0.15, -0.1) is 0 Å². The molecular weight excluding hydrogens is 639 g/mol. The molecule has 4 heterocycles. The second-order valence-electron chi connectivity index (χ2n) is 13.7. The van der Waals surface area contributed by atoms with E-state index in [1.54, 1.807) is 0 Å². The highest BCUT2D eigenvalue weighted by Crippen LogP contribution is 2.42. The lowest BCUT2D eigenvalue weighted by molar-refractivity contribution is 0.633. The molecule has 0 amide bonds. The maximum Gasteiger partial charge on any atom is 0.178 e. The van der Waals surface area contributed by atoms with Crippen LogP contribution in [0.1, 0.15) is 0 Å². The number of hydrogen-bond donors (Lipinski definition) is 0. The Labute approximate surface area is 296 Å². The smallest absolute Gasteiger partial charge is 0.178 e. The lowest BCUT2D eigenvalue weighted by Gasteiger charge is -2.07. The standard InChI is InChI=1S/C48H27NO3/c1-2-8-28(9-3-1)29-14-20-43-38(24-29)39-26-31(15-21-44(39)50-43)30-16-22-45-37(25-30)35-18-19-36-40-27-32(17-23-46(40)52-48(36)47(35)51-45)49-41-12-6-4-10-33(41)34-11-5-7-13-42(34)49/h1-27H. The summed E-state index contributed by atoms with van der Waals surface area (Å²) in [6.45, 7) is 0. The largest absolute Gasteiger partial charge is 0.456 e. The molecule has 0 bridgehead atoms. The van der Waals surface area contributed by atoms with Gasteiger partial charge in [0.1, 0.15) is 22.3 Å². The summed E-state index contributed by atoms with van der Waals surface area (Å²) in [5, 5.41) is 8.90. The number of nitrogens with zero attached hydrogens (tertiary/aromatic N) is 1. The van der Waals surface area contributed by atoms with Crippen LogP contribution in [0, 0.1) is 0 Å². The van der Waals surface area contributed by atoms with Crippen LogP contribution < -0.4 is 0 Å².